The van der Waals surface area contributed by atoms with Crippen molar-refractivity contribution in [3.8, 4) is 0 Å². The topological polar surface area (TPSA) is 29.9 Å². The monoisotopic (exact) mass is 343 g/mol. The predicted octanol–water partition coefficient (Wildman–Crippen LogP) is 4.82. The summed E-state index contributed by atoms with van der Waals surface area (Å²) >= 11 is 3.50. The van der Waals surface area contributed by atoms with Crippen LogP contribution in [0, 0.1) is 0 Å². The van der Waals surface area contributed by atoms with Gasteiger partial charge in [-0.25, -0.2) is 4.98 Å². The zero-order valence-electron chi connectivity index (χ0n) is 12.0. The predicted molar refractivity (Wildman–Crippen MR) is 91.5 cm³/mol. The summed E-state index contributed by atoms with van der Waals surface area (Å²) in [6.45, 7) is 4.00. The molecule has 1 heterocycles. The molecule has 0 aliphatic carbocycles. The molecule has 0 spiro atoms. The van der Waals surface area contributed by atoms with Gasteiger partial charge in [0.15, 0.2) is 0 Å². The van der Waals surface area contributed by atoms with Crippen LogP contribution in [0.1, 0.15) is 18.9 Å². The maximum atomic E-state index is 4.48. The molecule has 2 aromatic carbocycles. The Bertz CT molecular complexity index is 749. The highest BCUT2D eigenvalue weighted by Crippen LogP contribution is 2.19. The van der Waals surface area contributed by atoms with Gasteiger partial charge in [0.1, 0.15) is 0 Å². The number of hydrogen-bond acceptors (Lipinski definition) is 2. The lowest BCUT2D eigenvalue weighted by molar-refractivity contribution is 0.697. The maximum Gasteiger partial charge on any atom is 0.0958 e. The zero-order valence-corrected chi connectivity index (χ0v) is 13.6. The van der Waals surface area contributed by atoms with Gasteiger partial charge in [-0.15, -0.1) is 0 Å². The van der Waals surface area contributed by atoms with Crippen molar-refractivity contribution in [2.75, 3.05) is 5.32 Å². The van der Waals surface area contributed by atoms with Crippen molar-refractivity contribution in [3.63, 3.8) is 0 Å². The average Bonchev–Trinajstić information content (AvgIpc) is 2.88. The number of rotatable bonds is 5. The summed E-state index contributed by atoms with van der Waals surface area (Å²) in [7, 11) is 0. The van der Waals surface area contributed by atoms with E-state index < -0.39 is 0 Å². The van der Waals surface area contributed by atoms with E-state index in [2.05, 4.69) is 74.1 Å². The molecule has 0 fully saturated rings. The minimum absolute atomic E-state index is 0.806. The molecule has 0 aliphatic rings. The summed E-state index contributed by atoms with van der Waals surface area (Å²) in [6.07, 6.45) is 3.04. The SMILES string of the molecule is CCCn1cnc2cc(NCc3cccc(Br)c3)ccc21. The summed E-state index contributed by atoms with van der Waals surface area (Å²) < 4.78 is 3.31. The first-order valence-electron chi connectivity index (χ1n) is 7.19. The first kappa shape index (κ1) is 14.1. The average molecular weight is 344 g/mol. The fourth-order valence-corrected chi connectivity index (χ4v) is 2.89. The number of benzene rings is 2. The van der Waals surface area contributed by atoms with E-state index in [0.29, 0.717) is 0 Å². The largest absolute Gasteiger partial charge is 0.381 e. The molecule has 4 heteroatoms. The second-order valence-corrected chi connectivity index (χ2v) is 6.04. The van der Waals surface area contributed by atoms with Crippen LogP contribution >= 0.6 is 15.9 Å². The Morgan fingerprint density at radius 3 is 2.90 bits per heavy atom. The molecule has 0 amide bonds. The van der Waals surface area contributed by atoms with Crippen LogP contribution in [-0.4, -0.2) is 9.55 Å². The van der Waals surface area contributed by atoms with Gasteiger partial charge < -0.3 is 9.88 Å². The summed E-state index contributed by atoms with van der Waals surface area (Å²) in [5.41, 5.74) is 4.60. The number of fused-ring (bicyclic) bond motifs is 1. The number of hydrogen-bond donors (Lipinski definition) is 1. The molecule has 0 unspecified atom stereocenters. The Morgan fingerprint density at radius 1 is 1.19 bits per heavy atom. The number of imidazole rings is 1. The zero-order chi connectivity index (χ0) is 14.7. The van der Waals surface area contributed by atoms with Gasteiger partial charge in [-0.05, 0) is 42.3 Å². The van der Waals surface area contributed by atoms with Gasteiger partial charge in [0.2, 0.25) is 0 Å². The maximum absolute atomic E-state index is 4.48. The van der Waals surface area contributed by atoms with Crippen LogP contribution in [0.2, 0.25) is 0 Å². The number of anilines is 1. The van der Waals surface area contributed by atoms with Crippen LogP contribution in [-0.2, 0) is 13.1 Å². The van der Waals surface area contributed by atoms with Crippen molar-refractivity contribution in [1.82, 2.24) is 9.55 Å². The lowest BCUT2D eigenvalue weighted by atomic mass is 10.2. The van der Waals surface area contributed by atoms with E-state index >= 15 is 0 Å². The Hall–Kier alpha value is -1.81. The van der Waals surface area contributed by atoms with Gasteiger partial charge in [-0.1, -0.05) is 35.0 Å². The van der Waals surface area contributed by atoms with Crippen LogP contribution in [0.3, 0.4) is 0 Å². The van der Waals surface area contributed by atoms with E-state index in [1.807, 2.05) is 12.4 Å². The van der Waals surface area contributed by atoms with E-state index in [4.69, 9.17) is 0 Å². The molecular formula is C17H18BrN3. The second kappa shape index (κ2) is 6.31. The highest BCUT2D eigenvalue weighted by Gasteiger charge is 2.03. The van der Waals surface area contributed by atoms with E-state index in [9.17, 15) is 0 Å². The highest BCUT2D eigenvalue weighted by atomic mass is 79.9. The third-order valence-electron chi connectivity index (χ3n) is 3.47. The Balaban J connectivity index is 1.75. The van der Waals surface area contributed by atoms with Crippen molar-refractivity contribution in [1.29, 1.82) is 0 Å². The minimum Gasteiger partial charge on any atom is -0.381 e. The van der Waals surface area contributed by atoms with Crippen LogP contribution in [0.25, 0.3) is 11.0 Å². The number of nitrogens with one attached hydrogen (secondary N) is 1. The lowest BCUT2D eigenvalue weighted by Gasteiger charge is -2.07. The van der Waals surface area contributed by atoms with Crippen molar-refractivity contribution >= 4 is 32.7 Å². The molecule has 21 heavy (non-hydrogen) atoms. The van der Waals surface area contributed by atoms with Crippen LogP contribution in [0.15, 0.2) is 53.3 Å². The summed E-state index contributed by atoms with van der Waals surface area (Å²) in [5, 5.41) is 3.45. The molecule has 3 rings (SSSR count). The fraction of sp³-hybridized carbons (Fsp3) is 0.235. The van der Waals surface area contributed by atoms with Crippen LogP contribution < -0.4 is 5.32 Å². The first-order valence-corrected chi connectivity index (χ1v) is 7.99. The number of halogens is 1. The minimum atomic E-state index is 0.806. The van der Waals surface area contributed by atoms with Gasteiger partial charge >= 0.3 is 0 Å². The molecule has 0 aliphatic heterocycles. The van der Waals surface area contributed by atoms with Gasteiger partial charge in [0, 0.05) is 23.2 Å². The van der Waals surface area contributed by atoms with Crippen LogP contribution in [0.4, 0.5) is 5.69 Å². The van der Waals surface area contributed by atoms with Gasteiger partial charge in [-0.3, -0.25) is 0 Å². The second-order valence-electron chi connectivity index (χ2n) is 5.12. The summed E-state index contributed by atoms with van der Waals surface area (Å²) in [4.78, 5) is 4.48. The third kappa shape index (κ3) is 3.27. The fourth-order valence-electron chi connectivity index (χ4n) is 2.44. The van der Waals surface area contributed by atoms with E-state index in [1.165, 1.54) is 11.1 Å². The van der Waals surface area contributed by atoms with Crippen molar-refractivity contribution < 1.29 is 0 Å². The van der Waals surface area contributed by atoms with Crippen molar-refractivity contribution in [2.24, 2.45) is 0 Å². The lowest BCUT2D eigenvalue weighted by Crippen LogP contribution is -1.99. The molecule has 1 N–H and O–H groups in total. The van der Waals surface area contributed by atoms with Crippen molar-refractivity contribution in [3.05, 3.63) is 58.8 Å². The number of aromatic nitrogens is 2. The standard InChI is InChI=1S/C17H18BrN3/c1-2-8-21-12-20-16-10-15(6-7-17(16)21)19-11-13-4-3-5-14(18)9-13/h3-7,9-10,12,19H,2,8,11H2,1H3. The smallest absolute Gasteiger partial charge is 0.0958 e. The first-order chi connectivity index (χ1) is 10.3. The molecule has 1 aromatic heterocycles. The molecule has 3 aromatic rings. The molecule has 0 saturated carbocycles. The number of aryl methyl sites for hydroxylation is 1. The van der Waals surface area contributed by atoms with Gasteiger partial charge in [0.05, 0.1) is 17.4 Å². The molecule has 0 saturated heterocycles. The van der Waals surface area contributed by atoms with E-state index in [1.54, 1.807) is 0 Å². The Kier molecular flexibility index (Phi) is 4.25. The van der Waals surface area contributed by atoms with Crippen LogP contribution in [0.5, 0.6) is 0 Å². The summed E-state index contributed by atoms with van der Waals surface area (Å²) in [5.74, 6) is 0. The van der Waals surface area contributed by atoms with Gasteiger partial charge in [0.25, 0.3) is 0 Å². The van der Waals surface area contributed by atoms with Gasteiger partial charge in [-0.2, -0.15) is 0 Å². The quantitative estimate of drug-likeness (QED) is 0.719. The summed E-state index contributed by atoms with van der Waals surface area (Å²) in [6, 6.07) is 14.7. The Morgan fingerprint density at radius 2 is 2.10 bits per heavy atom. The van der Waals surface area contributed by atoms with Crippen molar-refractivity contribution in [2.45, 2.75) is 26.4 Å². The Labute approximate surface area is 133 Å². The molecule has 108 valence electrons. The van der Waals surface area contributed by atoms with E-state index in [-0.39, 0.29) is 0 Å². The normalized spacial score (nSPS) is 11.0. The third-order valence-corrected chi connectivity index (χ3v) is 3.96. The molecular weight excluding hydrogens is 326 g/mol. The molecule has 0 bridgehead atoms. The molecule has 3 nitrogen and oxygen atoms in total. The van der Waals surface area contributed by atoms with E-state index in [0.717, 1.165) is 35.2 Å². The molecule has 0 atom stereocenters. The highest BCUT2D eigenvalue weighted by molar-refractivity contribution is 9.10. The number of nitrogens with zero attached hydrogens (tertiary/aromatic N) is 2. The molecule has 0 radical (unpaired) electrons.